The maximum absolute atomic E-state index is 10.6. The van der Waals surface area contributed by atoms with E-state index in [0.29, 0.717) is 5.92 Å². The van der Waals surface area contributed by atoms with Gasteiger partial charge in [0.05, 0.1) is 4.92 Å². The molecule has 76 valence electrons. The lowest BCUT2D eigenvalue weighted by Gasteiger charge is -2.35. The Labute approximate surface area is 83.0 Å². The molecule has 0 aromatic carbocycles. The first kappa shape index (κ1) is 9.24. The topological polar surface area (TPSA) is 46.4 Å². The van der Waals surface area contributed by atoms with E-state index in [2.05, 4.69) is 4.90 Å². The van der Waals surface area contributed by atoms with Crippen molar-refractivity contribution in [1.82, 2.24) is 4.90 Å². The zero-order chi connectivity index (χ0) is 10.1. The molecule has 0 bridgehead atoms. The Morgan fingerprint density at radius 2 is 2.43 bits per heavy atom. The molecule has 1 atom stereocenters. The van der Waals surface area contributed by atoms with Crippen LogP contribution >= 0.6 is 0 Å². The van der Waals surface area contributed by atoms with E-state index in [4.69, 9.17) is 0 Å². The van der Waals surface area contributed by atoms with Crippen molar-refractivity contribution in [3.8, 4) is 0 Å². The van der Waals surface area contributed by atoms with Gasteiger partial charge in [-0.05, 0) is 25.3 Å². The summed E-state index contributed by atoms with van der Waals surface area (Å²) in [5, 5.41) is 10.6. The minimum Gasteiger partial charge on any atom is -0.377 e. The van der Waals surface area contributed by atoms with Gasteiger partial charge in [-0.25, -0.2) is 0 Å². The molecule has 0 radical (unpaired) electrons. The van der Waals surface area contributed by atoms with E-state index in [1.165, 1.54) is 6.42 Å². The maximum atomic E-state index is 10.6. The Morgan fingerprint density at radius 1 is 1.64 bits per heavy atom. The van der Waals surface area contributed by atoms with Crippen molar-refractivity contribution in [1.29, 1.82) is 0 Å². The van der Waals surface area contributed by atoms with Gasteiger partial charge in [0.2, 0.25) is 0 Å². The van der Waals surface area contributed by atoms with Gasteiger partial charge in [0.25, 0.3) is 5.70 Å². The largest absolute Gasteiger partial charge is 0.377 e. The highest BCUT2D eigenvalue weighted by molar-refractivity contribution is 5.25. The van der Waals surface area contributed by atoms with Crippen LogP contribution in [0, 0.1) is 16.0 Å². The monoisotopic (exact) mass is 194 g/mol. The molecular weight excluding hydrogens is 180 g/mol. The quantitative estimate of drug-likeness (QED) is 0.472. The van der Waals surface area contributed by atoms with Crippen LogP contribution < -0.4 is 0 Å². The van der Waals surface area contributed by atoms with Crippen LogP contribution in [0.25, 0.3) is 0 Å². The summed E-state index contributed by atoms with van der Waals surface area (Å²) in [6.45, 7) is 1.02. The summed E-state index contributed by atoms with van der Waals surface area (Å²) in [5.41, 5.74) is 1.40. The van der Waals surface area contributed by atoms with E-state index < -0.39 is 0 Å². The summed E-state index contributed by atoms with van der Waals surface area (Å²) >= 11 is 0. The number of likely N-dealkylation sites (tertiary alicyclic amines) is 1. The molecule has 4 nitrogen and oxygen atoms in total. The van der Waals surface area contributed by atoms with E-state index in [1.807, 2.05) is 7.05 Å². The van der Waals surface area contributed by atoms with E-state index in [9.17, 15) is 10.1 Å². The zero-order valence-electron chi connectivity index (χ0n) is 8.27. The fourth-order valence-corrected chi connectivity index (χ4v) is 2.23. The number of piperidine rings is 1. The average Bonchev–Trinajstić information content (AvgIpc) is 2.18. The SMILES string of the molecule is CN1CCCC2CC=C([N+](=O)[O-])C=C21. The van der Waals surface area contributed by atoms with Gasteiger partial charge in [-0.1, -0.05) is 0 Å². The van der Waals surface area contributed by atoms with Crippen molar-refractivity contribution in [3.63, 3.8) is 0 Å². The molecule has 1 unspecified atom stereocenters. The highest BCUT2D eigenvalue weighted by atomic mass is 16.6. The maximum Gasteiger partial charge on any atom is 0.267 e. The zero-order valence-corrected chi connectivity index (χ0v) is 8.27. The third-order valence-corrected chi connectivity index (χ3v) is 3.02. The molecular formula is C10H14N2O2. The first-order chi connectivity index (χ1) is 6.68. The Kier molecular flexibility index (Phi) is 2.27. The van der Waals surface area contributed by atoms with Crippen molar-refractivity contribution in [2.24, 2.45) is 5.92 Å². The Hall–Kier alpha value is -1.32. The van der Waals surface area contributed by atoms with Gasteiger partial charge >= 0.3 is 0 Å². The molecule has 0 saturated carbocycles. The number of nitrogens with zero attached hydrogens (tertiary/aromatic N) is 2. The molecule has 2 aliphatic rings. The number of allylic oxidation sites excluding steroid dienone is 3. The van der Waals surface area contributed by atoms with Gasteiger partial charge in [0.1, 0.15) is 0 Å². The lowest BCUT2D eigenvalue weighted by molar-refractivity contribution is -0.419. The lowest BCUT2D eigenvalue weighted by atomic mass is 9.87. The summed E-state index contributed by atoms with van der Waals surface area (Å²) < 4.78 is 0. The molecule has 0 aromatic heterocycles. The van der Waals surface area contributed by atoms with Crippen LogP contribution in [0.3, 0.4) is 0 Å². The first-order valence-electron chi connectivity index (χ1n) is 4.96. The molecule has 1 aliphatic heterocycles. The molecule has 14 heavy (non-hydrogen) atoms. The molecule has 1 saturated heterocycles. The highest BCUT2D eigenvalue weighted by Gasteiger charge is 2.27. The van der Waals surface area contributed by atoms with E-state index in [1.54, 1.807) is 12.2 Å². The van der Waals surface area contributed by atoms with Gasteiger partial charge < -0.3 is 4.90 Å². The first-order valence-corrected chi connectivity index (χ1v) is 4.96. The Bertz CT molecular complexity index is 320. The predicted molar refractivity (Wildman–Crippen MR) is 53.1 cm³/mol. The number of fused-ring (bicyclic) bond motifs is 1. The van der Waals surface area contributed by atoms with Gasteiger partial charge in [-0.2, -0.15) is 0 Å². The van der Waals surface area contributed by atoms with E-state index in [0.717, 1.165) is 25.1 Å². The highest BCUT2D eigenvalue weighted by Crippen LogP contribution is 2.33. The van der Waals surface area contributed by atoms with Gasteiger partial charge in [0, 0.05) is 31.3 Å². The van der Waals surface area contributed by atoms with Crippen LogP contribution in [0.15, 0.2) is 23.5 Å². The number of hydrogen-bond acceptors (Lipinski definition) is 3. The average molecular weight is 194 g/mol. The second-order valence-electron chi connectivity index (χ2n) is 3.95. The number of rotatable bonds is 1. The Balaban J connectivity index is 2.25. The summed E-state index contributed by atoms with van der Waals surface area (Å²) in [7, 11) is 2.01. The molecule has 0 N–H and O–H groups in total. The number of hydrogen-bond donors (Lipinski definition) is 0. The molecule has 0 spiro atoms. The Morgan fingerprint density at radius 3 is 3.14 bits per heavy atom. The predicted octanol–water partition coefficient (Wildman–Crippen LogP) is 1.78. The standard InChI is InChI=1S/C10H14N2O2/c1-11-6-2-3-8-4-5-9(12(13)14)7-10(8)11/h5,7-8H,2-4,6H2,1H3. The van der Waals surface area contributed by atoms with Crippen molar-refractivity contribution in [2.75, 3.05) is 13.6 Å². The summed E-state index contributed by atoms with van der Waals surface area (Å²) in [6, 6.07) is 0. The van der Waals surface area contributed by atoms with Gasteiger partial charge in [-0.3, -0.25) is 10.1 Å². The van der Waals surface area contributed by atoms with Gasteiger partial charge in [-0.15, -0.1) is 0 Å². The van der Waals surface area contributed by atoms with Crippen molar-refractivity contribution in [3.05, 3.63) is 33.7 Å². The second kappa shape index (κ2) is 3.44. The fraction of sp³-hybridized carbons (Fsp3) is 0.600. The van der Waals surface area contributed by atoms with Crippen LogP contribution in [-0.4, -0.2) is 23.4 Å². The van der Waals surface area contributed by atoms with Crippen LogP contribution in [-0.2, 0) is 0 Å². The van der Waals surface area contributed by atoms with Crippen LogP contribution in [0.5, 0.6) is 0 Å². The normalized spacial score (nSPS) is 26.4. The van der Waals surface area contributed by atoms with E-state index in [-0.39, 0.29) is 10.6 Å². The van der Waals surface area contributed by atoms with Crippen LogP contribution in [0.2, 0.25) is 0 Å². The lowest BCUT2D eigenvalue weighted by Crippen LogP contribution is -2.31. The molecule has 4 heteroatoms. The molecule has 1 heterocycles. The van der Waals surface area contributed by atoms with E-state index >= 15 is 0 Å². The summed E-state index contributed by atoms with van der Waals surface area (Å²) in [4.78, 5) is 12.5. The van der Waals surface area contributed by atoms with Crippen LogP contribution in [0.4, 0.5) is 0 Å². The second-order valence-corrected chi connectivity index (χ2v) is 3.95. The summed E-state index contributed by atoms with van der Waals surface area (Å²) in [5.74, 6) is 0.512. The smallest absolute Gasteiger partial charge is 0.267 e. The number of nitro groups is 1. The third-order valence-electron chi connectivity index (χ3n) is 3.02. The van der Waals surface area contributed by atoms with Crippen molar-refractivity contribution in [2.45, 2.75) is 19.3 Å². The molecule has 0 aromatic rings. The van der Waals surface area contributed by atoms with Crippen molar-refractivity contribution >= 4 is 0 Å². The third kappa shape index (κ3) is 1.52. The molecule has 2 rings (SSSR count). The van der Waals surface area contributed by atoms with Gasteiger partial charge in [0.15, 0.2) is 0 Å². The van der Waals surface area contributed by atoms with Crippen LogP contribution in [0.1, 0.15) is 19.3 Å². The fourth-order valence-electron chi connectivity index (χ4n) is 2.23. The summed E-state index contributed by atoms with van der Waals surface area (Å²) in [6.07, 6.45) is 6.66. The minimum absolute atomic E-state index is 0.255. The molecule has 0 amide bonds. The van der Waals surface area contributed by atoms with Crippen molar-refractivity contribution < 1.29 is 4.92 Å². The molecule has 1 fully saturated rings. The minimum atomic E-state index is -0.300. The molecule has 1 aliphatic carbocycles.